The molecule has 0 aliphatic carbocycles. The summed E-state index contributed by atoms with van der Waals surface area (Å²) in [6.07, 6.45) is 2.42. The van der Waals surface area contributed by atoms with E-state index in [1.165, 1.54) is 12.8 Å². The predicted octanol–water partition coefficient (Wildman–Crippen LogP) is 3.98. The molecule has 0 spiro atoms. The van der Waals surface area contributed by atoms with Crippen LogP contribution in [0.3, 0.4) is 0 Å². The van der Waals surface area contributed by atoms with Gasteiger partial charge in [0.1, 0.15) is 0 Å². The van der Waals surface area contributed by atoms with Crippen molar-refractivity contribution in [3.05, 3.63) is 38.3 Å². The van der Waals surface area contributed by atoms with Crippen LogP contribution in [0.4, 0.5) is 5.69 Å². The van der Waals surface area contributed by atoms with Crippen LogP contribution in [-0.2, 0) is 6.54 Å². The van der Waals surface area contributed by atoms with Crippen LogP contribution in [0.2, 0.25) is 0 Å². The Labute approximate surface area is 122 Å². The average Bonchev–Trinajstić information content (AvgIpc) is 2.34. The fourth-order valence-electron chi connectivity index (χ4n) is 2.72. The highest BCUT2D eigenvalue weighted by Gasteiger charge is 2.23. The van der Waals surface area contributed by atoms with Gasteiger partial charge >= 0.3 is 0 Å². The van der Waals surface area contributed by atoms with Gasteiger partial charge in [-0.15, -0.1) is 0 Å². The lowest BCUT2D eigenvalue weighted by Gasteiger charge is -2.36. The fourth-order valence-corrected chi connectivity index (χ4v) is 3.11. The summed E-state index contributed by atoms with van der Waals surface area (Å²) in [5.41, 5.74) is 1.16. The van der Waals surface area contributed by atoms with Gasteiger partial charge in [-0.05, 0) is 59.8 Å². The topological polar surface area (TPSA) is 46.4 Å². The van der Waals surface area contributed by atoms with Crippen molar-refractivity contribution in [3.63, 3.8) is 0 Å². The van der Waals surface area contributed by atoms with Crippen LogP contribution < -0.4 is 0 Å². The minimum Gasteiger partial charge on any atom is -0.296 e. The molecule has 0 N–H and O–H groups in total. The van der Waals surface area contributed by atoms with E-state index < -0.39 is 0 Å². The Morgan fingerprint density at radius 1 is 1.47 bits per heavy atom. The van der Waals surface area contributed by atoms with Crippen LogP contribution in [0.5, 0.6) is 0 Å². The van der Waals surface area contributed by atoms with E-state index in [9.17, 15) is 10.1 Å². The van der Waals surface area contributed by atoms with Gasteiger partial charge in [-0.3, -0.25) is 15.0 Å². The molecular formula is C14H19BrN2O2. The molecule has 2 atom stereocenters. The third-order valence-electron chi connectivity index (χ3n) is 3.87. The molecule has 1 aliphatic heterocycles. The third-order valence-corrected chi connectivity index (χ3v) is 4.54. The van der Waals surface area contributed by atoms with Crippen molar-refractivity contribution in [2.45, 2.75) is 39.3 Å². The maximum absolute atomic E-state index is 10.9. The highest BCUT2D eigenvalue weighted by Crippen LogP contribution is 2.28. The van der Waals surface area contributed by atoms with E-state index in [2.05, 4.69) is 34.7 Å². The Kier molecular flexibility index (Phi) is 4.58. The van der Waals surface area contributed by atoms with Crippen LogP contribution >= 0.6 is 15.9 Å². The first-order chi connectivity index (χ1) is 8.97. The van der Waals surface area contributed by atoms with E-state index in [1.54, 1.807) is 12.1 Å². The Morgan fingerprint density at radius 3 is 2.84 bits per heavy atom. The molecule has 2 unspecified atom stereocenters. The second kappa shape index (κ2) is 6.01. The summed E-state index contributed by atoms with van der Waals surface area (Å²) in [4.78, 5) is 13.0. The van der Waals surface area contributed by atoms with Crippen molar-refractivity contribution < 1.29 is 4.92 Å². The van der Waals surface area contributed by atoms with Gasteiger partial charge in [-0.1, -0.05) is 13.0 Å². The van der Waals surface area contributed by atoms with Crippen LogP contribution in [0.25, 0.3) is 0 Å². The number of likely N-dealkylation sites (tertiary alicyclic amines) is 1. The zero-order chi connectivity index (χ0) is 14.0. The minimum atomic E-state index is -0.338. The number of benzene rings is 1. The van der Waals surface area contributed by atoms with Gasteiger partial charge in [-0.25, -0.2) is 0 Å². The highest BCUT2D eigenvalue weighted by atomic mass is 79.9. The Hall–Kier alpha value is -0.940. The van der Waals surface area contributed by atoms with Crippen molar-refractivity contribution in [2.24, 2.45) is 5.92 Å². The van der Waals surface area contributed by atoms with Gasteiger partial charge in [0, 0.05) is 18.7 Å². The second-order valence-electron chi connectivity index (χ2n) is 5.49. The van der Waals surface area contributed by atoms with Crippen molar-refractivity contribution in [3.8, 4) is 0 Å². The molecule has 0 amide bonds. The van der Waals surface area contributed by atoms with Gasteiger partial charge in [0.25, 0.3) is 5.69 Å². The summed E-state index contributed by atoms with van der Waals surface area (Å²) >= 11 is 3.22. The predicted molar refractivity (Wildman–Crippen MR) is 79.1 cm³/mol. The van der Waals surface area contributed by atoms with Gasteiger partial charge < -0.3 is 0 Å². The first-order valence-corrected chi connectivity index (χ1v) is 7.43. The molecule has 104 valence electrons. The highest BCUT2D eigenvalue weighted by molar-refractivity contribution is 9.10. The molecule has 1 saturated heterocycles. The minimum absolute atomic E-state index is 0.149. The maximum atomic E-state index is 10.9. The lowest BCUT2D eigenvalue weighted by Crippen LogP contribution is -2.39. The average molecular weight is 327 g/mol. The molecule has 1 aliphatic rings. The number of nitrogens with zero attached hydrogens (tertiary/aromatic N) is 2. The van der Waals surface area contributed by atoms with E-state index in [-0.39, 0.29) is 10.6 Å². The molecule has 1 aromatic rings. The SMILES string of the molecule is CC1CCN(Cc2ccc(Br)c([N+](=O)[O-])c2)C(C)C1. The lowest BCUT2D eigenvalue weighted by atomic mass is 9.93. The monoisotopic (exact) mass is 326 g/mol. The standard InChI is InChI=1S/C14H19BrN2O2/c1-10-5-6-16(11(2)7-10)9-12-3-4-13(15)14(8-12)17(18)19/h3-4,8,10-11H,5-7,9H2,1-2H3. The lowest BCUT2D eigenvalue weighted by molar-refractivity contribution is -0.385. The van der Waals surface area contributed by atoms with Crippen molar-refractivity contribution in [1.29, 1.82) is 0 Å². The van der Waals surface area contributed by atoms with Gasteiger partial charge in [0.2, 0.25) is 0 Å². The van der Waals surface area contributed by atoms with Crippen LogP contribution in [0.1, 0.15) is 32.3 Å². The molecule has 1 aromatic carbocycles. The van der Waals surface area contributed by atoms with Crippen LogP contribution in [0, 0.1) is 16.0 Å². The molecule has 0 aromatic heterocycles. The molecule has 0 bridgehead atoms. The summed E-state index contributed by atoms with van der Waals surface area (Å²) in [7, 11) is 0. The van der Waals surface area contributed by atoms with E-state index >= 15 is 0 Å². The van der Waals surface area contributed by atoms with E-state index in [4.69, 9.17) is 0 Å². The first kappa shape index (κ1) is 14.5. The number of halogens is 1. The maximum Gasteiger partial charge on any atom is 0.283 e. The number of rotatable bonds is 3. The molecule has 2 rings (SSSR count). The smallest absolute Gasteiger partial charge is 0.283 e. The van der Waals surface area contributed by atoms with Gasteiger partial charge in [0.15, 0.2) is 0 Å². The number of hydrogen-bond donors (Lipinski definition) is 0. The number of nitro groups is 1. The molecule has 0 saturated carbocycles. The van der Waals surface area contributed by atoms with Crippen molar-refractivity contribution >= 4 is 21.6 Å². The summed E-state index contributed by atoms with van der Waals surface area (Å²) in [6.45, 7) is 6.40. The Morgan fingerprint density at radius 2 is 2.21 bits per heavy atom. The van der Waals surface area contributed by atoms with Gasteiger partial charge in [-0.2, -0.15) is 0 Å². The molecule has 1 heterocycles. The molecule has 4 nitrogen and oxygen atoms in total. The molecule has 19 heavy (non-hydrogen) atoms. The molecule has 0 radical (unpaired) electrons. The summed E-state index contributed by atoms with van der Waals surface area (Å²) in [6, 6.07) is 5.95. The van der Waals surface area contributed by atoms with Gasteiger partial charge in [0.05, 0.1) is 9.40 Å². The zero-order valence-electron chi connectivity index (χ0n) is 11.3. The quantitative estimate of drug-likeness (QED) is 0.623. The summed E-state index contributed by atoms with van der Waals surface area (Å²) in [5, 5.41) is 10.9. The number of nitro benzene ring substituents is 1. The fraction of sp³-hybridized carbons (Fsp3) is 0.571. The summed E-state index contributed by atoms with van der Waals surface area (Å²) in [5.74, 6) is 0.783. The van der Waals surface area contributed by atoms with Crippen LogP contribution in [-0.4, -0.2) is 22.4 Å². The van der Waals surface area contributed by atoms with Crippen LogP contribution in [0.15, 0.2) is 22.7 Å². The Balaban J connectivity index is 2.11. The number of hydrogen-bond acceptors (Lipinski definition) is 3. The molecular weight excluding hydrogens is 308 g/mol. The summed E-state index contributed by atoms with van der Waals surface area (Å²) < 4.78 is 0.543. The normalized spacial score (nSPS) is 24.4. The zero-order valence-corrected chi connectivity index (χ0v) is 12.9. The largest absolute Gasteiger partial charge is 0.296 e. The van der Waals surface area contributed by atoms with E-state index in [0.29, 0.717) is 10.5 Å². The van der Waals surface area contributed by atoms with Crippen molar-refractivity contribution in [2.75, 3.05) is 6.54 Å². The molecule has 5 heteroatoms. The first-order valence-electron chi connectivity index (χ1n) is 6.64. The second-order valence-corrected chi connectivity index (χ2v) is 6.35. The third kappa shape index (κ3) is 3.54. The Bertz CT molecular complexity index is 479. The molecule has 1 fully saturated rings. The van der Waals surface area contributed by atoms with E-state index in [1.807, 2.05) is 6.07 Å². The number of piperidine rings is 1. The van der Waals surface area contributed by atoms with Crippen molar-refractivity contribution in [1.82, 2.24) is 4.90 Å². The van der Waals surface area contributed by atoms with E-state index in [0.717, 1.165) is 24.6 Å².